The van der Waals surface area contributed by atoms with Crippen LogP contribution in [0.4, 0.5) is 20.2 Å². The number of nitrogens with zero attached hydrogens (tertiary/aromatic N) is 2. The number of hydrogen-bond acceptors (Lipinski definition) is 6. The number of hydrogen-bond donors (Lipinski definition) is 2. The number of carbonyl (C=O) groups excluding carboxylic acids is 1. The van der Waals surface area contributed by atoms with E-state index in [1.54, 1.807) is 0 Å². The van der Waals surface area contributed by atoms with Crippen molar-refractivity contribution in [3.05, 3.63) is 47.0 Å². The zero-order valence-electron chi connectivity index (χ0n) is 21.7. The fourth-order valence-electron chi connectivity index (χ4n) is 5.87. The summed E-state index contributed by atoms with van der Waals surface area (Å²) in [5.41, 5.74) is 10.0. The predicted octanol–water partition coefficient (Wildman–Crippen LogP) is 4.82. The summed E-state index contributed by atoms with van der Waals surface area (Å²) in [4.78, 5) is 15.6. The van der Waals surface area contributed by atoms with Crippen molar-refractivity contribution < 1.29 is 23.0 Å². The maximum atomic E-state index is 13.8. The molecule has 39 heavy (non-hydrogen) atoms. The highest BCUT2D eigenvalue weighted by Crippen LogP contribution is 2.40. The van der Waals surface area contributed by atoms with Crippen LogP contribution in [-0.2, 0) is 17.6 Å². The molecule has 4 atom stereocenters. The molecule has 1 amide bonds. The highest BCUT2D eigenvalue weighted by Gasteiger charge is 2.32. The molecule has 0 radical (unpaired) electrons. The van der Waals surface area contributed by atoms with Crippen molar-refractivity contribution in [3.8, 4) is 11.5 Å². The average molecular weight is 547 g/mol. The number of benzene rings is 2. The van der Waals surface area contributed by atoms with Crippen molar-refractivity contribution >= 4 is 17.3 Å². The van der Waals surface area contributed by atoms with Gasteiger partial charge in [-0.25, -0.2) is 8.78 Å². The molecule has 4 heterocycles. The van der Waals surface area contributed by atoms with Gasteiger partial charge in [-0.2, -0.15) is 0 Å². The first-order valence-electron chi connectivity index (χ1n) is 13.2. The second-order valence-electron chi connectivity index (χ2n) is 10.6. The van der Waals surface area contributed by atoms with Crippen molar-refractivity contribution in [1.82, 2.24) is 5.32 Å². The lowest BCUT2D eigenvalue weighted by molar-refractivity contribution is -0.119. The summed E-state index contributed by atoms with van der Waals surface area (Å²) in [7, 11) is 0. The van der Waals surface area contributed by atoms with Gasteiger partial charge in [-0.15, -0.1) is 0 Å². The lowest BCUT2D eigenvalue weighted by atomic mass is 10.1. The van der Waals surface area contributed by atoms with E-state index in [4.69, 9.17) is 15.2 Å². The molecule has 7 nitrogen and oxygen atoms in total. The summed E-state index contributed by atoms with van der Waals surface area (Å²) >= 11 is 0. The van der Waals surface area contributed by atoms with Gasteiger partial charge in [0, 0.05) is 80.5 Å². The Hall–Kier alpha value is -3.07. The normalized spacial score (nSPS) is 24.4. The number of anilines is 2. The molecule has 0 aliphatic carbocycles. The average Bonchev–Trinajstić information content (AvgIpc) is 3.62. The second kappa shape index (κ2) is 12.4. The van der Waals surface area contributed by atoms with Gasteiger partial charge in [0.1, 0.15) is 12.2 Å². The molecule has 2 fully saturated rings. The van der Waals surface area contributed by atoms with Gasteiger partial charge in [0.25, 0.3) is 0 Å². The Morgan fingerprint density at radius 1 is 0.872 bits per heavy atom. The van der Waals surface area contributed by atoms with Crippen molar-refractivity contribution in [1.29, 1.82) is 0 Å². The molecule has 2 unspecified atom stereocenters. The van der Waals surface area contributed by atoms with E-state index in [9.17, 15) is 13.6 Å². The number of amides is 1. The highest BCUT2D eigenvalue weighted by molar-refractivity contribution is 5.73. The molecule has 0 spiro atoms. The van der Waals surface area contributed by atoms with E-state index in [0.717, 1.165) is 74.4 Å². The number of nitrogens with two attached hydrogens (primary N) is 1. The molecule has 6 rings (SSSR count). The molecule has 4 aliphatic heterocycles. The molecular weight excluding hydrogens is 502 g/mol. The fourth-order valence-corrected chi connectivity index (χ4v) is 5.87. The minimum Gasteiger partial charge on any atom is -0.487 e. The summed E-state index contributed by atoms with van der Waals surface area (Å²) in [6, 6.07) is 7.05. The van der Waals surface area contributed by atoms with E-state index in [-0.39, 0.29) is 56.7 Å². The Morgan fingerprint density at radius 3 is 1.82 bits per heavy atom. The van der Waals surface area contributed by atoms with Crippen molar-refractivity contribution in [2.75, 3.05) is 36.0 Å². The number of carbonyl (C=O) groups is 1. The molecular formula is C30H44F2N4O3. The zero-order valence-corrected chi connectivity index (χ0v) is 21.7. The summed E-state index contributed by atoms with van der Waals surface area (Å²) in [6.07, 6.45) is 3.54. The lowest BCUT2D eigenvalue weighted by Gasteiger charge is -2.21. The third-order valence-electron chi connectivity index (χ3n) is 7.50. The van der Waals surface area contributed by atoms with Gasteiger partial charge in [0.05, 0.1) is 0 Å². The van der Waals surface area contributed by atoms with E-state index in [0.29, 0.717) is 11.5 Å². The van der Waals surface area contributed by atoms with E-state index in [1.807, 2.05) is 26.0 Å². The highest BCUT2D eigenvalue weighted by atomic mass is 19.1. The van der Waals surface area contributed by atoms with Crippen molar-refractivity contribution in [3.63, 3.8) is 0 Å². The monoisotopic (exact) mass is 546 g/mol. The molecule has 2 aromatic carbocycles. The second-order valence-corrected chi connectivity index (χ2v) is 10.6. The lowest BCUT2D eigenvalue weighted by Crippen LogP contribution is -2.35. The van der Waals surface area contributed by atoms with Gasteiger partial charge in [-0.05, 0) is 51.0 Å². The van der Waals surface area contributed by atoms with Crippen LogP contribution in [0.1, 0.15) is 59.6 Å². The first-order chi connectivity index (χ1) is 17.7. The molecule has 4 aliphatic rings. The first-order valence-corrected chi connectivity index (χ1v) is 13.2. The van der Waals surface area contributed by atoms with E-state index >= 15 is 0 Å². The molecule has 2 saturated heterocycles. The topological polar surface area (TPSA) is 80.1 Å². The zero-order chi connectivity index (χ0) is 26.3. The Balaban J connectivity index is 0.000000207. The first kappa shape index (κ1) is 30.5. The van der Waals surface area contributed by atoms with Crippen LogP contribution in [0.2, 0.25) is 0 Å². The smallest absolute Gasteiger partial charge is 0.217 e. The van der Waals surface area contributed by atoms with Crippen LogP contribution in [0.5, 0.6) is 11.5 Å². The predicted molar refractivity (Wildman–Crippen MR) is 153 cm³/mol. The van der Waals surface area contributed by atoms with Crippen molar-refractivity contribution in [2.45, 2.75) is 85.6 Å². The molecule has 9 heteroatoms. The third kappa shape index (κ3) is 6.40. The van der Waals surface area contributed by atoms with E-state index in [1.165, 1.54) is 19.1 Å². The van der Waals surface area contributed by atoms with Gasteiger partial charge in [-0.3, -0.25) is 4.79 Å². The maximum absolute atomic E-state index is 13.8. The van der Waals surface area contributed by atoms with Crippen LogP contribution < -0.4 is 30.3 Å². The van der Waals surface area contributed by atoms with Crippen LogP contribution in [0.25, 0.3) is 0 Å². The standard InChI is InChI=1S/C15H19FN2O2.C13H17FN2O.2CH4/c1-9-7-12-14(4-3-13(16)15(12)20-9)18-6-5-11(8-18)17-10(2)19;1-8-6-10-12(16-5-4-9(15)7-16)3-2-11(14)13(10)17-8;;/h3-4,9,11H,5-8H2,1-2H3,(H,17,19);2-3,8-9H,4-7,15H2,1H3;2*1H4/t9?,11-;8?,9-;;/m00../s1. The Kier molecular flexibility index (Phi) is 9.69. The molecule has 216 valence electrons. The van der Waals surface area contributed by atoms with E-state index in [2.05, 4.69) is 15.1 Å². The van der Waals surface area contributed by atoms with Crippen LogP contribution in [0.3, 0.4) is 0 Å². The van der Waals surface area contributed by atoms with Crippen LogP contribution in [-0.4, -0.2) is 56.4 Å². The number of rotatable bonds is 3. The third-order valence-corrected chi connectivity index (χ3v) is 7.50. The summed E-state index contributed by atoms with van der Waals surface area (Å²) in [5, 5.41) is 2.94. The van der Waals surface area contributed by atoms with Crippen LogP contribution in [0, 0.1) is 11.6 Å². The summed E-state index contributed by atoms with van der Waals surface area (Å²) in [5.74, 6) is 0.300. The SMILES string of the molecule is C.C.CC(=O)N[C@H]1CCN(c2ccc(F)c3c2CC(C)O3)C1.CC1Cc2c(N3CC[C@H](N)C3)ccc(F)c2O1. The minimum absolute atomic E-state index is 0. The summed E-state index contributed by atoms with van der Waals surface area (Å²) < 4.78 is 38.5. The quantitative estimate of drug-likeness (QED) is 0.575. The fraction of sp³-hybridized carbons (Fsp3) is 0.567. The molecule has 0 bridgehead atoms. The van der Waals surface area contributed by atoms with Gasteiger partial charge < -0.3 is 30.3 Å². The largest absolute Gasteiger partial charge is 0.487 e. The summed E-state index contributed by atoms with van der Waals surface area (Å²) in [6.45, 7) is 8.91. The molecule has 0 saturated carbocycles. The van der Waals surface area contributed by atoms with Crippen molar-refractivity contribution in [2.24, 2.45) is 5.73 Å². The maximum Gasteiger partial charge on any atom is 0.217 e. The van der Waals surface area contributed by atoms with Gasteiger partial charge in [0.15, 0.2) is 23.1 Å². The van der Waals surface area contributed by atoms with Gasteiger partial charge in [-0.1, -0.05) is 14.9 Å². The molecule has 3 N–H and O–H groups in total. The minimum atomic E-state index is -0.286. The molecule has 2 aromatic rings. The number of fused-ring (bicyclic) bond motifs is 2. The van der Waals surface area contributed by atoms with Gasteiger partial charge >= 0.3 is 0 Å². The molecule has 0 aromatic heterocycles. The Labute approximate surface area is 231 Å². The van der Waals surface area contributed by atoms with Gasteiger partial charge in [0.2, 0.25) is 5.91 Å². The Bertz CT molecular complexity index is 1180. The van der Waals surface area contributed by atoms with Crippen LogP contribution in [0.15, 0.2) is 24.3 Å². The Morgan fingerprint density at radius 2 is 1.36 bits per heavy atom. The number of halogens is 2. The van der Waals surface area contributed by atoms with Crippen LogP contribution >= 0.6 is 0 Å². The number of nitrogens with one attached hydrogen (secondary N) is 1. The van der Waals surface area contributed by atoms with E-state index < -0.39 is 0 Å². The number of ether oxygens (including phenoxy) is 2.